The van der Waals surface area contributed by atoms with Gasteiger partial charge >= 0.3 is 0 Å². The first-order valence-electron chi connectivity index (χ1n) is 5.26. The maximum absolute atomic E-state index is 10.9. The van der Waals surface area contributed by atoms with E-state index in [9.17, 15) is 4.79 Å². The summed E-state index contributed by atoms with van der Waals surface area (Å²) in [5, 5.41) is 0.553. The average Bonchev–Trinajstić information content (AvgIpc) is 2.68. The third kappa shape index (κ3) is 2.62. The number of aromatic nitrogens is 2. The molecule has 0 saturated heterocycles. The van der Waals surface area contributed by atoms with Crippen molar-refractivity contribution in [2.45, 2.75) is 6.61 Å². The van der Waals surface area contributed by atoms with Gasteiger partial charge in [0, 0.05) is 12.6 Å². The van der Waals surface area contributed by atoms with Crippen LogP contribution in [0.15, 0.2) is 30.5 Å². The molecule has 18 heavy (non-hydrogen) atoms. The van der Waals surface area contributed by atoms with Crippen molar-refractivity contribution in [3.05, 3.63) is 47.0 Å². The van der Waals surface area contributed by atoms with Crippen LogP contribution in [0, 0.1) is 0 Å². The Morgan fingerprint density at radius 3 is 2.61 bits per heavy atom. The zero-order valence-electron chi connectivity index (χ0n) is 9.76. The van der Waals surface area contributed by atoms with Crippen LogP contribution < -0.4 is 10.5 Å². The maximum Gasteiger partial charge on any atom is 0.248 e. The molecule has 1 amide bonds. The number of imidazole rings is 1. The molecule has 0 unspecified atom stereocenters. The number of carbonyl (C=O) groups is 1. The number of amides is 1. The fourth-order valence-electron chi connectivity index (χ4n) is 1.42. The fraction of sp³-hybridized carbons (Fsp3) is 0.167. The lowest BCUT2D eigenvalue weighted by atomic mass is 10.2. The number of hydrogen-bond acceptors (Lipinski definition) is 3. The van der Waals surface area contributed by atoms with Crippen molar-refractivity contribution in [2.75, 3.05) is 0 Å². The Bertz CT molecular complexity index is 563. The van der Waals surface area contributed by atoms with E-state index in [1.54, 1.807) is 35.0 Å². The number of benzene rings is 1. The largest absolute Gasteiger partial charge is 0.486 e. The highest BCUT2D eigenvalue weighted by Crippen LogP contribution is 2.15. The van der Waals surface area contributed by atoms with Crippen molar-refractivity contribution in [1.29, 1.82) is 0 Å². The molecule has 0 aliphatic rings. The Balaban J connectivity index is 2.02. The van der Waals surface area contributed by atoms with Gasteiger partial charge in [-0.3, -0.25) is 4.79 Å². The van der Waals surface area contributed by atoms with Gasteiger partial charge in [-0.1, -0.05) is 11.6 Å². The lowest BCUT2D eigenvalue weighted by Gasteiger charge is -2.06. The van der Waals surface area contributed by atoms with E-state index in [2.05, 4.69) is 4.98 Å². The summed E-state index contributed by atoms with van der Waals surface area (Å²) in [6.07, 6.45) is 1.57. The molecular weight excluding hydrogens is 254 g/mol. The van der Waals surface area contributed by atoms with Gasteiger partial charge in [-0.05, 0) is 24.3 Å². The van der Waals surface area contributed by atoms with Gasteiger partial charge in [0.1, 0.15) is 23.3 Å². The molecule has 0 spiro atoms. The van der Waals surface area contributed by atoms with Gasteiger partial charge in [-0.15, -0.1) is 0 Å². The summed E-state index contributed by atoms with van der Waals surface area (Å²) in [6, 6.07) is 6.60. The Labute approximate surface area is 109 Å². The molecule has 5 nitrogen and oxygen atoms in total. The number of nitrogens with two attached hydrogens (primary N) is 1. The van der Waals surface area contributed by atoms with E-state index in [1.165, 1.54) is 0 Å². The number of carbonyl (C=O) groups excluding carboxylic acids is 1. The minimum absolute atomic E-state index is 0.305. The minimum Gasteiger partial charge on any atom is -0.486 e. The van der Waals surface area contributed by atoms with E-state index in [1.807, 2.05) is 7.05 Å². The SMILES string of the molecule is Cn1c(Cl)cnc1COc1ccc(C(N)=O)cc1. The van der Waals surface area contributed by atoms with E-state index < -0.39 is 5.91 Å². The second kappa shape index (κ2) is 5.10. The number of halogens is 1. The van der Waals surface area contributed by atoms with Crippen LogP contribution in [0.25, 0.3) is 0 Å². The normalized spacial score (nSPS) is 10.3. The van der Waals surface area contributed by atoms with Crippen LogP contribution in [0.3, 0.4) is 0 Å². The highest BCUT2D eigenvalue weighted by Gasteiger charge is 2.05. The van der Waals surface area contributed by atoms with Gasteiger partial charge in [0.05, 0.1) is 6.20 Å². The Kier molecular flexibility index (Phi) is 3.53. The second-order valence-electron chi connectivity index (χ2n) is 3.73. The van der Waals surface area contributed by atoms with Crippen molar-refractivity contribution in [2.24, 2.45) is 12.8 Å². The van der Waals surface area contributed by atoms with E-state index >= 15 is 0 Å². The summed E-state index contributed by atoms with van der Waals surface area (Å²) in [6.45, 7) is 0.305. The summed E-state index contributed by atoms with van der Waals surface area (Å²) in [4.78, 5) is 15.0. The maximum atomic E-state index is 10.9. The first kappa shape index (κ1) is 12.4. The van der Waals surface area contributed by atoms with Crippen LogP contribution in [0.5, 0.6) is 5.75 Å². The Morgan fingerprint density at radius 1 is 1.44 bits per heavy atom. The molecule has 1 heterocycles. The van der Waals surface area contributed by atoms with Gasteiger partial charge in [0.2, 0.25) is 5.91 Å². The Hall–Kier alpha value is -2.01. The summed E-state index contributed by atoms with van der Waals surface area (Å²) in [5.41, 5.74) is 5.59. The zero-order chi connectivity index (χ0) is 13.1. The number of primary amides is 1. The highest BCUT2D eigenvalue weighted by atomic mass is 35.5. The first-order valence-corrected chi connectivity index (χ1v) is 5.64. The van der Waals surface area contributed by atoms with Crippen LogP contribution in [-0.2, 0) is 13.7 Å². The number of rotatable bonds is 4. The molecule has 0 aliphatic heterocycles. The van der Waals surface area contributed by atoms with Gasteiger partial charge in [-0.2, -0.15) is 0 Å². The van der Waals surface area contributed by atoms with E-state index in [0.29, 0.717) is 23.1 Å². The van der Waals surface area contributed by atoms with E-state index in [-0.39, 0.29) is 0 Å². The number of nitrogens with zero attached hydrogens (tertiary/aromatic N) is 2. The van der Waals surface area contributed by atoms with Crippen LogP contribution in [-0.4, -0.2) is 15.5 Å². The van der Waals surface area contributed by atoms with Gasteiger partial charge < -0.3 is 15.0 Å². The van der Waals surface area contributed by atoms with Crippen LogP contribution >= 0.6 is 11.6 Å². The molecule has 2 aromatic rings. The molecule has 2 rings (SSSR count). The zero-order valence-corrected chi connectivity index (χ0v) is 10.5. The first-order chi connectivity index (χ1) is 8.58. The van der Waals surface area contributed by atoms with Gasteiger partial charge in [-0.25, -0.2) is 4.98 Å². The molecule has 1 aromatic heterocycles. The molecule has 0 atom stereocenters. The number of ether oxygens (including phenoxy) is 1. The molecule has 94 valence electrons. The summed E-state index contributed by atoms with van der Waals surface area (Å²) >= 11 is 5.86. The number of hydrogen-bond donors (Lipinski definition) is 1. The predicted molar refractivity (Wildman–Crippen MR) is 67.5 cm³/mol. The van der Waals surface area contributed by atoms with Crippen molar-refractivity contribution in [3.63, 3.8) is 0 Å². The molecule has 0 saturated carbocycles. The standard InChI is InChI=1S/C12H12ClN3O2/c1-16-10(13)6-15-11(16)7-18-9-4-2-8(3-5-9)12(14)17/h2-6H,7H2,1H3,(H2,14,17). The fourth-order valence-corrected chi connectivity index (χ4v) is 1.57. The molecule has 1 aromatic carbocycles. The van der Waals surface area contributed by atoms with Crippen molar-refractivity contribution >= 4 is 17.5 Å². The highest BCUT2D eigenvalue weighted by molar-refractivity contribution is 6.29. The third-order valence-corrected chi connectivity index (χ3v) is 2.89. The molecule has 0 bridgehead atoms. The average molecular weight is 266 g/mol. The molecular formula is C12H12ClN3O2. The third-order valence-electron chi connectivity index (χ3n) is 2.53. The summed E-state index contributed by atoms with van der Waals surface area (Å²) < 4.78 is 7.26. The minimum atomic E-state index is -0.461. The van der Waals surface area contributed by atoms with Gasteiger partial charge in [0.15, 0.2) is 0 Å². The van der Waals surface area contributed by atoms with Crippen LogP contribution in [0.1, 0.15) is 16.2 Å². The van der Waals surface area contributed by atoms with Crippen molar-refractivity contribution < 1.29 is 9.53 Å². The lowest BCUT2D eigenvalue weighted by molar-refractivity contribution is 0.100. The Morgan fingerprint density at radius 2 is 2.11 bits per heavy atom. The predicted octanol–water partition coefficient (Wildman–Crippen LogP) is 1.75. The summed E-state index contributed by atoms with van der Waals surface area (Å²) in [7, 11) is 1.81. The van der Waals surface area contributed by atoms with Crippen molar-refractivity contribution in [1.82, 2.24) is 9.55 Å². The molecule has 6 heteroatoms. The van der Waals surface area contributed by atoms with Crippen LogP contribution in [0.4, 0.5) is 0 Å². The summed E-state index contributed by atoms with van der Waals surface area (Å²) in [5.74, 6) is 0.899. The smallest absolute Gasteiger partial charge is 0.248 e. The van der Waals surface area contributed by atoms with E-state index in [4.69, 9.17) is 22.1 Å². The monoisotopic (exact) mass is 265 g/mol. The molecule has 0 radical (unpaired) electrons. The molecule has 0 fully saturated rings. The molecule has 0 aliphatic carbocycles. The van der Waals surface area contributed by atoms with Gasteiger partial charge in [0.25, 0.3) is 0 Å². The van der Waals surface area contributed by atoms with Crippen molar-refractivity contribution in [3.8, 4) is 5.75 Å². The topological polar surface area (TPSA) is 70.1 Å². The van der Waals surface area contributed by atoms with E-state index in [0.717, 1.165) is 5.82 Å². The lowest BCUT2D eigenvalue weighted by Crippen LogP contribution is -2.10. The quantitative estimate of drug-likeness (QED) is 0.916. The molecule has 2 N–H and O–H groups in total. The second-order valence-corrected chi connectivity index (χ2v) is 4.12. The van der Waals surface area contributed by atoms with Crippen LogP contribution in [0.2, 0.25) is 5.15 Å².